The second-order valence-corrected chi connectivity index (χ2v) is 3.44. The highest BCUT2D eigenvalue weighted by molar-refractivity contribution is 5.85. The average Bonchev–Trinajstić information content (AvgIpc) is 2.19. The summed E-state index contributed by atoms with van der Waals surface area (Å²) in [5.74, 6) is 0.148. The molecule has 0 saturated carbocycles. The Hall–Kier alpha value is -0.380. The Morgan fingerprint density at radius 3 is 2.53 bits per heavy atom. The van der Waals surface area contributed by atoms with E-state index in [2.05, 4.69) is 10.3 Å². The molecule has 0 aliphatic carbocycles. The largest absolute Gasteiger partial charge is 0.317 e. The summed E-state index contributed by atoms with van der Waals surface area (Å²) in [6.07, 6.45) is 3.75. The summed E-state index contributed by atoms with van der Waals surface area (Å²) in [5, 5.41) is 3.29. The molecule has 0 spiro atoms. The van der Waals surface area contributed by atoms with Crippen molar-refractivity contribution < 1.29 is 4.39 Å². The first-order chi connectivity index (χ1) is 6.36. The van der Waals surface area contributed by atoms with Gasteiger partial charge in [0.15, 0.2) is 0 Å². The lowest BCUT2D eigenvalue weighted by atomic mass is 9.91. The van der Waals surface area contributed by atoms with E-state index in [1.165, 1.54) is 0 Å². The molecule has 2 nitrogen and oxygen atoms in total. The summed E-state index contributed by atoms with van der Waals surface area (Å²) in [4.78, 5) is 3.55. The minimum absolute atomic E-state index is 0. The summed E-state index contributed by atoms with van der Waals surface area (Å²) >= 11 is 0. The van der Waals surface area contributed by atoms with Gasteiger partial charge in [0.2, 0.25) is 5.95 Å². The van der Waals surface area contributed by atoms with Crippen LogP contribution in [0.4, 0.5) is 4.39 Å². The van der Waals surface area contributed by atoms with E-state index >= 15 is 0 Å². The smallest absolute Gasteiger partial charge is 0.213 e. The maximum Gasteiger partial charge on any atom is 0.213 e. The van der Waals surface area contributed by atoms with E-state index in [0.29, 0.717) is 5.92 Å². The molecule has 2 heterocycles. The maximum atomic E-state index is 12.8. The van der Waals surface area contributed by atoms with Gasteiger partial charge in [-0.05, 0) is 49.5 Å². The minimum Gasteiger partial charge on any atom is -0.317 e. The van der Waals surface area contributed by atoms with Gasteiger partial charge in [-0.25, -0.2) is 4.98 Å². The number of halogens is 3. The molecule has 0 aromatic carbocycles. The molecule has 2 rings (SSSR count). The third kappa shape index (κ3) is 3.93. The van der Waals surface area contributed by atoms with Crippen LogP contribution in [0.3, 0.4) is 0 Å². The molecule has 1 fully saturated rings. The van der Waals surface area contributed by atoms with E-state index in [1.807, 2.05) is 6.07 Å². The van der Waals surface area contributed by atoms with E-state index in [9.17, 15) is 4.39 Å². The number of hydrogen-bond acceptors (Lipinski definition) is 2. The molecule has 1 aliphatic heterocycles. The Bertz CT molecular complexity index is 291. The second-order valence-electron chi connectivity index (χ2n) is 3.44. The van der Waals surface area contributed by atoms with Gasteiger partial charge in [-0.1, -0.05) is 0 Å². The fraction of sp³-hybridized carbons (Fsp3) is 0.500. The molecule has 5 heteroatoms. The lowest BCUT2D eigenvalue weighted by Crippen LogP contribution is -2.26. The van der Waals surface area contributed by atoms with E-state index < -0.39 is 0 Å². The van der Waals surface area contributed by atoms with Gasteiger partial charge in [-0.15, -0.1) is 24.8 Å². The van der Waals surface area contributed by atoms with Crippen molar-refractivity contribution in [3.8, 4) is 0 Å². The molecule has 1 aromatic rings. The van der Waals surface area contributed by atoms with Crippen molar-refractivity contribution in [3.63, 3.8) is 0 Å². The molecule has 0 atom stereocenters. The van der Waals surface area contributed by atoms with Gasteiger partial charge in [0.25, 0.3) is 0 Å². The molecule has 86 valence electrons. The number of rotatable bonds is 1. The predicted molar refractivity (Wildman–Crippen MR) is 63.5 cm³/mol. The highest BCUT2D eigenvalue weighted by Gasteiger charge is 2.15. The summed E-state index contributed by atoms with van der Waals surface area (Å²) in [6, 6.07) is 3.47. The van der Waals surface area contributed by atoms with Crippen LogP contribution in [-0.2, 0) is 0 Å². The molecule has 1 aliphatic rings. The molecule has 1 aromatic heterocycles. The average molecular weight is 253 g/mol. The van der Waals surface area contributed by atoms with Crippen LogP contribution < -0.4 is 5.32 Å². The first-order valence-corrected chi connectivity index (χ1v) is 4.68. The predicted octanol–water partition coefficient (Wildman–Crippen LogP) is 2.53. The SMILES string of the molecule is Cl.Cl.Fc1cc(C2CCNCC2)ccn1. The van der Waals surface area contributed by atoms with Gasteiger partial charge in [-0.2, -0.15) is 4.39 Å². The lowest BCUT2D eigenvalue weighted by molar-refractivity contribution is 0.457. The quantitative estimate of drug-likeness (QED) is 0.778. The molecule has 0 unspecified atom stereocenters. The third-order valence-electron chi connectivity index (χ3n) is 2.56. The van der Waals surface area contributed by atoms with Crippen LogP contribution in [0.5, 0.6) is 0 Å². The van der Waals surface area contributed by atoms with E-state index in [-0.39, 0.29) is 30.8 Å². The van der Waals surface area contributed by atoms with Gasteiger partial charge in [-0.3, -0.25) is 0 Å². The summed E-state index contributed by atoms with van der Waals surface area (Å²) in [5.41, 5.74) is 1.09. The molecular formula is C10H15Cl2FN2. The number of nitrogens with zero attached hydrogens (tertiary/aromatic N) is 1. The first-order valence-electron chi connectivity index (χ1n) is 4.68. The lowest BCUT2D eigenvalue weighted by Gasteiger charge is -2.22. The number of pyridine rings is 1. The van der Waals surface area contributed by atoms with Crippen LogP contribution in [0.15, 0.2) is 18.3 Å². The monoisotopic (exact) mass is 252 g/mol. The molecule has 0 bridgehead atoms. The van der Waals surface area contributed by atoms with Gasteiger partial charge in [0, 0.05) is 6.20 Å². The van der Waals surface area contributed by atoms with E-state index in [0.717, 1.165) is 31.5 Å². The van der Waals surface area contributed by atoms with Crippen LogP contribution in [0, 0.1) is 5.95 Å². The second kappa shape index (κ2) is 6.99. The molecule has 1 N–H and O–H groups in total. The fourth-order valence-corrected chi connectivity index (χ4v) is 1.83. The van der Waals surface area contributed by atoms with Crippen molar-refractivity contribution >= 4 is 24.8 Å². The summed E-state index contributed by atoms with van der Waals surface area (Å²) < 4.78 is 12.8. The van der Waals surface area contributed by atoms with E-state index in [4.69, 9.17) is 0 Å². The topological polar surface area (TPSA) is 24.9 Å². The van der Waals surface area contributed by atoms with Crippen LogP contribution in [0.2, 0.25) is 0 Å². The van der Waals surface area contributed by atoms with Gasteiger partial charge in [0.1, 0.15) is 0 Å². The Labute approximate surface area is 101 Å². The highest BCUT2D eigenvalue weighted by Crippen LogP contribution is 2.24. The number of nitrogens with one attached hydrogen (secondary N) is 1. The van der Waals surface area contributed by atoms with Crippen molar-refractivity contribution in [3.05, 3.63) is 29.8 Å². The van der Waals surface area contributed by atoms with Gasteiger partial charge >= 0.3 is 0 Å². The zero-order valence-electron chi connectivity index (χ0n) is 8.28. The number of piperidine rings is 1. The molecule has 0 amide bonds. The number of aromatic nitrogens is 1. The maximum absolute atomic E-state index is 12.8. The molecular weight excluding hydrogens is 238 g/mol. The molecule has 1 saturated heterocycles. The standard InChI is InChI=1S/C10H13FN2.2ClH/c11-10-7-9(3-6-13-10)8-1-4-12-5-2-8;;/h3,6-8,12H,1-2,4-5H2;2*1H. The first kappa shape index (κ1) is 14.6. The zero-order valence-corrected chi connectivity index (χ0v) is 9.91. The van der Waals surface area contributed by atoms with Gasteiger partial charge < -0.3 is 5.32 Å². The van der Waals surface area contributed by atoms with Crippen molar-refractivity contribution in [1.82, 2.24) is 10.3 Å². The summed E-state index contributed by atoms with van der Waals surface area (Å²) in [7, 11) is 0. The normalized spacial score (nSPS) is 16.3. The van der Waals surface area contributed by atoms with Crippen LogP contribution in [-0.4, -0.2) is 18.1 Å². The van der Waals surface area contributed by atoms with Crippen LogP contribution >= 0.6 is 24.8 Å². The van der Waals surface area contributed by atoms with Crippen LogP contribution in [0.25, 0.3) is 0 Å². The van der Waals surface area contributed by atoms with Crippen molar-refractivity contribution in [1.29, 1.82) is 0 Å². The highest BCUT2D eigenvalue weighted by atomic mass is 35.5. The molecule has 0 radical (unpaired) electrons. The Morgan fingerprint density at radius 2 is 1.93 bits per heavy atom. The van der Waals surface area contributed by atoms with Crippen molar-refractivity contribution in [2.24, 2.45) is 0 Å². The summed E-state index contributed by atoms with van der Waals surface area (Å²) in [6.45, 7) is 2.07. The van der Waals surface area contributed by atoms with Crippen molar-refractivity contribution in [2.75, 3.05) is 13.1 Å². The Morgan fingerprint density at radius 1 is 1.27 bits per heavy atom. The third-order valence-corrected chi connectivity index (χ3v) is 2.56. The zero-order chi connectivity index (χ0) is 9.10. The van der Waals surface area contributed by atoms with Crippen molar-refractivity contribution in [2.45, 2.75) is 18.8 Å². The minimum atomic E-state index is -0.365. The number of hydrogen-bond donors (Lipinski definition) is 1. The van der Waals surface area contributed by atoms with Gasteiger partial charge in [0.05, 0.1) is 0 Å². The fourth-order valence-electron chi connectivity index (χ4n) is 1.83. The molecule has 15 heavy (non-hydrogen) atoms. The van der Waals surface area contributed by atoms with Crippen LogP contribution in [0.1, 0.15) is 24.3 Å². The van der Waals surface area contributed by atoms with E-state index in [1.54, 1.807) is 12.3 Å². The Kier molecular flexibility index (Phi) is 6.81. The Balaban J connectivity index is 0.000000980.